The van der Waals surface area contributed by atoms with Crippen LogP contribution in [0.3, 0.4) is 0 Å². The van der Waals surface area contributed by atoms with E-state index in [9.17, 15) is 14.3 Å². The van der Waals surface area contributed by atoms with Gasteiger partial charge >= 0.3 is 5.97 Å². The fourth-order valence-electron chi connectivity index (χ4n) is 5.41. The Balaban J connectivity index is 1.21. The van der Waals surface area contributed by atoms with Gasteiger partial charge in [-0.05, 0) is 67.0 Å². The van der Waals surface area contributed by atoms with Crippen molar-refractivity contribution in [1.29, 1.82) is 0 Å². The normalized spacial score (nSPS) is 20.6. The first-order valence-electron chi connectivity index (χ1n) is 10.9. The minimum atomic E-state index is -0.638. The van der Waals surface area contributed by atoms with Crippen LogP contribution in [0.2, 0.25) is 0 Å². The number of fused-ring (bicyclic) bond motifs is 1. The number of nitrogens with zero attached hydrogens (tertiary/aromatic N) is 1. The van der Waals surface area contributed by atoms with E-state index >= 15 is 0 Å². The molecule has 0 unspecified atom stereocenters. The molecule has 1 saturated carbocycles. The lowest BCUT2D eigenvalue weighted by molar-refractivity contribution is -0.145. The number of benzene rings is 2. The molecule has 2 aromatic rings. The van der Waals surface area contributed by atoms with Crippen LogP contribution in [0.4, 0.5) is 4.39 Å². The number of hydrogen-bond acceptors (Lipinski definition) is 3. The minimum Gasteiger partial charge on any atom is -0.489 e. The topological polar surface area (TPSA) is 49.8 Å². The predicted molar refractivity (Wildman–Crippen MR) is 112 cm³/mol. The van der Waals surface area contributed by atoms with E-state index in [1.165, 1.54) is 17.2 Å². The van der Waals surface area contributed by atoms with Crippen molar-refractivity contribution in [1.82, 2.24) is 4.90 Å². The maximum Gasteiger partial charge on any atom is 0.310 e. The van der Waals surface area contributed by atoms with Crippen molar-refractivity contribution in [3.05, 3.63) is 64.5 Å². The molecule has 30 heavy (non-hydrogen) atoms. The van der Waals surface area contributed by atoms with Gasteiger partial charge in [-0.15, -0.1) is 0 Å². The van der Waals surface area contributed by atoms with E-state index in [0.29, 0.717) is 12.1 Å². The molecule has 0 atom stereocenters. The van der Waals surface area contributed by atoms with E-state index in [-0.39, 0.29) is 17.8 Å². The van der Waals surface area contributed by atoms with Gasteiger partial charge in [0, 0.05) is 30.6 Å². The van der Waals surface area contributed by atoms with Gasteiger partial charge in [0.05, 0.1) is 5.41 Å². The summed E-state index contributed by atoms with van der Waals surface area (Å²) in [4.78, 5) is 13.8. The highest BCUT2D eigenvalue weighted by Crippen LogP contribution is 2.51. The van der Waals surface area contributed by atoms with Crippen LogP contribution in [0.25, 0.3) is 0 Å². The van der Waals surface area contributed by atoms with E-state index in [4.69, 9.17) is 4.74 Å². The molecular formula is C25H28FNO3. The first-order valence-corrected chi connectivity index (χ1v) is 10.9. The molecule has 5 rings (SSSR count). The van der Waals surface area contributed by atoms with Crippen LogP contribution < -0.4 is 4.74 Å². The van der Waals surface area contributed by atoms with E-state index in [0.717, 1.165) is 56.5 Å². The Morgan fingerprint density at radius 3 is 2.63 bits per heavy atom. The zero-order valence-corrected chi connectivity index (χ0v) is 17.4. The number of aliphatic carboxylic acids is 1. The standard InChI is InChI=1S/C25H28FNO3/c1-2-17-4-3-5-22(26)21(17)13-30-20-7-6-18-11-24(12-19(18)10-20)14-27(15-24)16-25(8-9-25)23(28)29/h3-7,10H,2,8-9,11-16H2,1H3,(H,28,29). The van der Waals surface area contributed by atoms with Crippen LogP contribution in [0.5, 0.6) is 5.75 Å². The van der Waals surface area contributed by atoms with Gasteiger partial charge in [-0.2, -0.15) is 0 Å². The second-order valence-electron chi connectivity index (χ2n) is 9.53. The lowest BCUT2D eigenvalue weighted by Crippen LogP contribution is -2.58. The van der Waals surface area contributed by atoms with Gasteiger partial charge in [-0.3, -0.25) is 4.79 Å². The molecule has 4 nitrogen and oxygen atoms in total. The number of carbonyl (C=O) groups is 1. The zero-order valence-electron chi connectivity index (χ0n) is 17.4. The lowest BCUT2D eigenvalue weighted by atomic mass is 9.76. The summed E-state index contributed by atoms with van der Waals surface area (Å²) in [5.74, 6) is -0.0602. The van der Waals surface area contributed by atoms with Crippen molar-refractivity contribution in [3.63, 3.8) is 0 Å². The van der Waals surface area contributed by atoms with E-state index in [1.54, 1.807) is 6.07 Å². The van der Waals surface area contributed by atoms with Crippen LogP contribution in [-0.2, 0) is 30.7 Å². The van der Waals surface area contributed by atoms with E-state index < -0.39 is 11.4 Å². The van der Waals surface area contributed by atoms with Crippen LogP contribution in [0.15, 0.2) is 36.4 Å². The minimum absolute atomic E-state index is 0.209. The zero-order chi connectivity index (χ0) is 20.9. The van der Waals surface area contributed by atoms with Gasteiger partial charge in [0.15, 0.2) is 0 Å². The van der Waals surface area contributed by atoms with Crippen LogP contribution >= 0.6 is 0 Å². The monoisotopic (exact) mass is 409 g/mol. The Morgan fingerprint density at radius 2 is 1.93 bits per heavy atom. The smallest absolute Gasteiger partial charge is 0.310 e. The van der Waals surface area contributed by atoms with Crippen molar-refractivity contribution in [3.8, 4) is 5.75 Å². The second-order valence-corrected chi connectivity index (χ2v) is 9.53. The van der Waals surface area contributed by atoms with E-state index in [1.807, 2.05) is 19.1 Å². The quantitative estimate of drug-likeness (QED) is 0.744. The molecule has 2 fully saturated rings. The summed E-state index contributed by atoms with van der Waals surface area (Å²) >= 11 is 0. The summed E-state index contributed by atoms with van der Waals surface area (Å²) in [7, 11) is 0. The fourth-order valence-corrected chi connectivity index (χ4v) is 5.41. The molecule has 3 aliphatic rings. The van der Waals surface area contributed by atoms with Gasteiger partial charge in [-0.1, -0.05) is 25.1 Å². The lowest BCUT2D eigenvalue weighted by Gasteiger charge is -2.49. The van der Waals surface area contributed by atoms with Crippen molar-refractivity contribution in [2.75, 3.05) is 19.6 Å². The molecular weight excluding hydrogens is 381 g/mol. The maximum atomic E-state index is 14.2. The Labute approximate surface area is 176 Å². The Bertz CT molecular complexity index is 992. The van der Waals surface area contributed by atoms with Gasteiger partial charge in [0.25, 0.3) is 0 Å². The number of carboxylic acids is 1. The van der Waals surface area contributed by atoms with E-state index in [2.05, 4.69) is 17.0 Å². The fraction of sp³-hybridized carbons (Fsp3) is 0.480. The second kappa shape index (κ2) is 7.09. The molecule has 1 spiro atoms. The summed E-state index contributed by atoms with van der Waals surface area (Å²) in [6.45, 7) is 4.91. The van der Waals surface area contributed by atoms with Crippen molar-refractivity contribution < 1.29 is 19.0 Å². The number of ether oxygens (including phenoxy) is 1. The summed E-state index contributed by atoms with van der Waals surface area (Å²) in [6.07, 6.45) is 4.47. The van der Waals surface area contributed by atoms with Crippen LogP contribution in [0.1, 0.15) is 42.0 Å². The van der Waals surface area contributed by atoms with Crippen molar-refractivity contribution in [2.45, 2.75) is 45.6 Å². The Hall–Kier alpha value is -2.40. The summed E-state index contributed by atoms with van der Waals surface area (Å²) in [5.41, 5.74) is 4.07. The summed E-state index contributed by atoms with van der Waals surface area (Å²) < 4.78 is 20.2. The van der Waals surface area contributed by atoms with Crippen LogP contribution in [0, 0.1) is 16.6 Å². The van der Waals surface area contributed by atoms with Crippen molar-refractivity contribution >= 4 is 5.97 Å². The molecule has 0 bridgehead atoms. The molecule has 2 aromatic carbocycles. The molecule has 1 heterocycles. The molecule has 158 valence electrons. The maximum absolute atomic E-state index is 14.2. The highest BCUT2D eigenvalue weighted by molar-refractivity contribution is 5.78. The van der Waals surface area contributed by atoms with Crippen molar-refractivity contribution in [2.24, 2.45) is 10.8 Å². The highest BCUT2D eigenvalue weighted by Gasteiger charge is 2.55. The Kier molecular flexibility index (Phi) is 4.62. The van der Waals surface area contributed by atoms with Gasteiger partial charge in [0.2, 0.25) is 0 Å². The molecule has 2 aliphatic carbocycles. The molecule has 1 N–H and O–H groups in total. The molecule has 5 heteroatoms. The third kappa shape index (κ3) is 3.39. The molecule has 1 aliphatic heterocycles. The summed E-state index contributed by atoms with van der Waals surface area (Å²) in [5, 5.41) is 9.42. The Morgan fingerprint density at radius 1 is 1.17 bits per heavy atom. The predicted octanol–water partition coefficient (Wildman–Crippen LogP) is 4.23. The molecule has 0 radical (unpaired) electrons. The number of rotatable bonds is 7. The number of likely N-dealkylation sites (tertiary alicyclic amines) is 1. The SMILES string of the molecule is CCc1cccc(F)c1COc1ccc2c(c1)CC1(C2)CN(CC2(C(=O)O)CC2)C1. The third-order valence-corrected chi connectivity index (χ3v) is 7.24. The summed E-state index contributed by atoms with van der Waals surface area (Å²) in [6, 6.07) is 11.4. The highest BCUT2D eigenvalue weighted by atomic mass is 19.1. The van der Waals surface area contributed by atoms with Gasteiger partial charge in [-0.25, -0.2) is 4.39 Å². The number of halogens is 1. The van der Waals surface area contributed by atoms with Crippen LogP contribution in [-0.4, -0.2) is 35.6 Å². The van der Waals surface area contributed by atoms with Gasteiger partial charge < -0.3 is 14.7 Å². The molecule has 0 amide bonds. The average Bonchev–Trinajstić information content (AvgIpc) is 3.38. The molecule has 0 aromatic heterocycles. The average molecular weight is 410 g/mol. The number of carboxylic acid groups (broad SMARTS) is 1. The largest absolute Gasteiger partial charge is 0.489 e. The number of aryl methyl sites for hydroxylation is 1. The van der Waals surface area contributed by atoms with Gasteiger partial charge in [0.1, 0.15) is 18.2 Å². The third-order valence-electron chi connectivity index (χ3n) is 7.24. The first kappa shape index (κ1) is 19.6. The first-order chi connectivity index (χ1) is 14.4. The molecule has 1 saturated heterocycles. The number of hydrogen-bond donors (Lipinski definition) is 1.